The van der Waals surface area contributed by atoms with Crippen molar-refractivity contribution >= 4 is 21.4 Å². The highest BCUT2D eigenvalue weighted by atomic mass is 32.2. The van der Waals surface area contributed by atoms with Gasteiger partial charge < -0.3 is 5.32 Å². The van der Waals surface area contributed by atoms with Gasteiger partial charge in [0, 0.05) is 13.2 Å². The van der Waals surface area contributed by atoms with E-state index in [4.69, 9.17) is 5.26 Å². The van der Waals surface area contributed by atoms with Gasteiger partial charge in [0.2, 0.25) is 0 Å². The van der Waals surface area contributed by atoms with Gasteiger partial charge in [0.25, 0.3) is 10.0 Å². The van der Waals surface area contributed by atoms with Crippen molar-refractivity contribution in [3.8, 4) is 6.07 Å². The molecule has 0 aliphatic rings. The maximum Gasteiger partial charge on any atom is 0.281 e. The summed E-state index contributed by atoms with van der Waals surface area (Å²) in [5.41, 5.74) is 0.143. The number of nitrogens with one attached hydrogen (secondary N) is 2. The Labute approximate surface area is 121 Å². The van der Waals surface area contributed by atoms with Gasteiger partial charge in [0.05, 0.1) is 23.0 Å². The quantitative estimate of drug-likeness (QED) is 0.900. The van der Waals surface area contributed by atoms with E-state index >= 15 is 0 Å². The Morgan fingerprint density at radius 3 is 2.67 bits per heavy atom. The van der Waals surface area contributed by atoms with Crippen LogP contribution in [0.25, 0.3) is 0 Å². The predicted molar refractivity (Wildman–Crippen MR) is 75.7 cm³/mol. The highest BCUT2D eigenvalue weighted by Crippen LogP contribution is 2.23. The molecule has 0 saturated carbocycles. The molecule has 0 radical (unpaired) electrons. The number of aromatic nitrogens is 1. The normalized spacial score (nSPS) is 10.7. The topological polar surface area (TPSA) is 94.9 Å². The summed E-state index contributed by atoms with van der Waals surface area (Å²) in [6.07, 6.45) is 1.32. The van der Waals surface area contributed by atoms with Gasteiger partial charge in [0.15, 0.2) is 5.03 Å². The van der Waals surface area contributed by atoms with E-state index in [1.54, 1.807) is 19.2 Å². The van der Waals surface area contributed by atoms with Crippen molar-refractivity contribution in [3.05, 3.63) is 47.9 Å². The van der Waals surface area contributed by atoms with E-state index in [0.29, 0.717) is 5.69 Å². The van der Waals surface area contributed by atoms with Crippen LogP contribution in [0.3, 0.4) is 0 Å². The van der Waals surface area contributed by atoms with Crippen molar-refractivity contribution in [3.63, 3.8) is 0 Å². The minimum absolute atomic E-state index is 0.101. The van der Waals surface area contributed by atoms with E-state index in [-0.39, 0.29) is 16.3 Å². The van der Waals surface area contributed by atoms with Gasteiger partial charge in [0.1, 0.15) is 5.82 Å². The van der Waals surface area contributed by atoms with Crippen LogP contribution in [0, 0.1) is 17.1 Å². The lowest BCUT2D eigenvalue weighted by molar-refractivity contribution is 0.595. The van der Waals surface area contributed by atoms with E-state index in [0.717, 1.165) is 6.07 Å². The Bertz CT molecular complexity index is 815. The fourth-order valence-corrected chi connectivity index (χ4v) is 2.87. The molecular formula is C13H11FN4O2S. The molecule has 0 saturated heterocycles. The number of benzene rings is 1. The first-order chi connectivity index (χ1) is 9.97. The molecule has 2 aromatic rings. The maximum absolute atomic E-state index is 13.8. The molecule has 0 atom stereocenters. The van der Waals surface area contributed by atoms with Crippen molar-refractivity contribution < 1.29 is 12.8 Å². The molecule has 0 fully saturated rings. The summed E-state index contributed by atoms with van der Waals surface area (Å²) in [6.45, 7) is 0. The second-order valence-corrected chi connectivity index (χ2v) is 5.62. The molecule has 108 valence electrons. The first-order valence-corrected chi connectivity index (χ1v) is 7.31. The van der Waals surface area contributed by atoms with Crippen LogP contribution in [0.2, 0.25) is 0 Å². The Morgan fingerprint density at radius 1 is 1.29 bits per heavy atom. The first-order valence-electron chi connectivity index (χ1n) is 5.83. The van der Waals surface area contributed by atoms with Crippen molar-refractivity contribution in [2.45, 2.75) is 5.03 Å². The number of hydrogen-bond acceptors (Lipinski definition) is 5. The molecule has 0 aliphatic carbocycles. The third-order valence-corrected chi connectivity index (χ3v) is 3.96. The number of halogens is 1. The number of rotatable bonds is 4. The Morgan fingerprint density at radius 2 is 2.05 bits per heavy atom. The minimum Gasteiger partial charge on any atom is -0.386 e. The van der Waals surface area contributed by atoms with Gasteiger partial charge in [-0.1, -0.05) is 0 Å². The Hall–Kier alpha value is -2.66. The van der Waals surface area contributed by atoms with Crippen LogP contribution in [-0.4, -0.2) is 20.4 Å². The number of pyridine rings is 1. The lowest BCUT2D eigenvalue weighted by atomic mass is 10.2. The second kappa shape index (κ2) is 5.76. The van der Waals surface area contributed by atoms with E-state index < -0.39 is 15.8 Å². The molecule has 1 aromatic heterocycles. The monoisotopic (exact) mass is 306 g/mol. The standard InChI is InChI=1S/C13H11FN4O2S/c1-16-12-3-2-6-17-13(12)21(19,20)18-11-5-4-9(8-15)7-10(11)14/h2-7,16,18H,1H3. The van der Waals surface area contributed by atoms with Gasteiger partial charge in [-0.2, -0.15) is 13.7 Å². The third kappa shape index (κ3) is 3.09. The number of anilines is 2. The lowest BCUT2D eigenvalue weighted by Gasteiger charge is -2.11. The zero-order chi connectivity index (χ0) is 15.5. The summed E-state index contributed by atoms with van der Waals surface area (Å²) in [6, 6.07) is 8.34. The summed E-state index contributed by atoms with van der Waals surface area (Å²) in [5.74, 6) is -0.834. The zero-order valence-electron chi connectivity index (χ0n) is 11.0. The number of sulfonamides is 1. The fraction of sp³-hybridized carbons (Fsp3) is 0.0769. The van der Waals surface area contributed by atoms with Gasteiger partial charge in [-0.15, -0.1) is 0 Å². The van der Waals surface area contributed by atoms with Crippen molar-refractivity contribution in [2.24, 2.45) is 0 Å². The van der Waals surface area contributed by atoms with Crippen LogP contribution in [0.15, 0.2) is 41.6 Å². The van der Waals surface area contributed by atoms with E-state index in [9.17, 15) is 12.8 Å². The minimum atomic E-state index is -4.04. The smallest absolute Gasteiger partial charge is 0.281 e. The second-order valence-electron chi connectivity index (χ2n) is 4.02. The molecule has 0 spiro atoms. The number of hydrogen-bond donors (Lipinski definition) is 2. The van der Waals surface area contributed by atoms with Gasteiger partial charge >= 0.3 is 0 Å². The number of nitrogens with zero attached hydrogens (tertiary/aromatic N) is 2. The summed E-state index contributed by atoms with van der Waals surface area (Å²) in [5, 5.41) is 11.1. The molecule has 8 heteroatoms. The zero-order valence-corrected chi connectivity index (χ0v) is 11.8. The molecule has 6 nitrogen and oxygen atoms in total. The van der Waals surface area contributed by atoms with E-state index in [1.807, 2.05) is 0 Å². The SMILES string of the molecule is CNc1cccnc1S(=O)(=O)Nc1ccc(C#N)cc1F. The van der Waals surface area contributed by atoms with Crippen LogP contribution < -0.4 is 10.0 Å². The number of nitriles is 1. The van der Waals surface area contributed by atoms with Crippen molar-refractivity contribution in [2.75, 3.05) is 17.1 Å². The van der Waals surface area contributed by atoms with Crippen LogP contribution in [0.4, 0.5) is 15.8 Å². The molecule has 2 N–H and O–H groups in total. The molecule has 0 bridgehead atoms. The largest absolute Gasteiger partial charge is 0.386 e. The Balaban J connectivity index is 2.41. The molecule has 0 amide bonds. The molecule has 2 rings (SSSR count). The van der Waals surface area contributed by atoms with Crippen molar-refractivity contribution in [1.29, 1.82) is 5.26 Å². The van der Waals surface area contributed by atoms with Crippen LogP contribution in [-0.2, 0) is 10.0 Å². The van der Waals surface area contributed by atoms with Gasteiger partial charge in [-0.05, 0) is 30.3 Å². The first kappa shape index (κ1) is 14.7. The average Bonchev–Trinajstić information content (AvgIpc) is 2.49. The van der Waals surface area contributed by atoms with Gasteiger partial charge in [-0.3, -0.25) is 4.72 Å². The van der Waals surface area contributed by atoms with Gasteiger partial charge in [-0.25, -0.2) is 9.37 Å². The van der Waals surface area contributed by atoms with E-state index in [2.05, 4.69) is 15.0 Å². The highest BCUT2D eigenvalue weighted by molar-refractivity contribution is 7.92. The summed E-state index contributed by atoms with van der Waals surface area (Å²) in [4.78, 5) is 3.79. The summed E-state index contributed by atoms with van der Waals surface area (Å²) < 4.78 is 40.4. The fourth-order valence-electron chi connectivity index (χ4n) is 1.66. The maximum atomic E-state index is 13.8. The molecule has 1 heterocycles. The Kier molecular flexibility index (Phi) is 4.05. The molecule has 1 aromatic carbocycles. The third-order valence-electron chi connectivity index (χ3n) is 2.64. The van der Waals surface area contributed by atoms with Crippen LogP contribution in [0.1, 0.15) is 5.56 Å². The van der Waals surface area contributed by atoms with Crippen molar-refractivity contribution in [1.82, 2.24) is 4.98 Å². The van der Waals surface area contributed by atoms with Crippen LogP contribution >= 0.6 is 0 Å². The molecule has 0 aliphatic heterocycles. The summed E-state index contributed by atoms with van der Waals surface area (Å²) >= 11 is 0. The molecule has 0 unspecified atom stereocenters. The lowest BCUT2D eigenvalue weighted by Crippen LogP contribution is -2.17. The summed E-state index contributed by atoms with van der Waals surface area (Å²) in [7, 11) is -2.49. The molecule has 21 heavy (non-hydrogen) atoms. The molecular weight excluding hydrogens is 295 g/mol. The van der Waals surface area contributed by atoms with E-state index in [1.165, 1.54) is 24.4 Å². The predicted octanol–water partition coefficient (Wildman–Crippen LogP) is 1.93. The average molecular weight is 306 g/mol. The highest BCUT2D eigenvalue weighted by Gasteiger charge is 2.21. The van der Waals surface area contributed by atoms with Crippen LogP contribution in [0.5, 0.6) is 0 Å².